The second-order valence-corrected chi connectivity index (χ2v) is 5.87. The first-order valence-corrected chi connectivity index (χ1v) is 7.57. The Hall–Kier alpha value is -2.75. The van der Waals surface area contributed by atoms with Crippen LogP contribution >= 0.6 is 0 Å². The van der Waals surface area contributed by atoms with Crippen molar-refractivity contribution in [3.8, 4) is 0 Å². The van der Waals surface area contributed by atoms with Gasteiger partial charge in [0.25, 0.3) is 5.69 Å². The number of carbonyl (C=O) groups is 1. The maximum absolute atomic E-state index is 12.8. The molecule has 0 N–H and O–H groups in total. The van der Waals surface area contributed by atoms with Gasteiger partial charge in [0.05, 0.1) is 10.5 Å². The monoisotopic (exact) mass is 307 g/mol. The van der Waals surface area contributed by atoms with Crippen LogP contribution < -0.4 is 0 Å². The number of nitro benzene ring substituents is 1. The molecule has 0 unspecified atom stereocenters. The summed E-state index contributed by atoms with van der Waals surface area (Å²) in [5, 5.41) is 11.1. The molecule has 0 fully saturated rings. The number of hydrogen-bond donors (Lipinski definition) is 0. The van der Waals surface area contributed by atoms with Gasteiger partial charge in [-0.2, -0.15) is 0 Å². The molecule has 1 aliphatic rings. The Morgan fingerprint density at radius 2 is 1.74 bits per heavy atom. The molecule has 2 aromatic carbocycles. The lowest BCUT2D eigenvalue weighted by Crippen LogP contribution is -2.17. The van der Waals surface area contributed by atoms with Crippen molar-refractivity contribution in [1.82, 2.24) is 0 Å². The zero-order valence-corrected chi connectivity index (χ0v) is 13.1. The molecule has 0 radical (unpaired) electrons. The molecule has 2 aromatic rings. The lowest BCUT2D eigenvalue weighted by atomic mass is 9.81. The van der Waals surface area contributed by atoms with E-state index < -0.39 is 4.92 Å². The Morgan fingerprint density at radius 3 is 2.48 bits per heavy atom. The lowest BCUT2D eigenvalue weighted by molar-refractivity contribution is -0.385. The van der Waals surface area contributed by atoms with E-state index in [1.165, 1.54) is 6.07 Å². The van der Waals surface area contributed by atoms with E-state index in [1.807, 2.05) is 26.0 Å². The van der Waals surface area contributed by atoms with Gasteiger partial charge in [-0.15, -0.1) is 0 Å². The van der Waals surface area contributed by atoms with Gasteiger partial charge in [0, 0.05) is 17.2 Å². The maximum Gasteiger partial charge on any atom is 0.276 e. The van der Waals surface area contributed by atoms with Gasteiger partial charge in [0.1, 0.15) is 0 Å². The van der Waals surface area contributed by atoms with E-state index in [2.05, 4.69) is 0 Å². The van der Waals surface area contributed by atoms with Crippen LogP contribution in [0.25, 0.3) is 6.08 Å². The van der Waals surface area contributed by atoms with E-state index in [1.54, 1.807) is 24.3 Å². The van der Waals surface area contributed by atoms with Crippen LogP contribution in [0.5, 0.6) is 0 Å². The van der Waals surface area contributed by atoms with E-state index in [0.717, 1.165) is 28.7 Å². The second kappa shape index (κ2) is 5.80. The van der Waals surface area contributed by atoms with Crippen molar-refractivity contribution < 1.29 is 9.72 Å². The number of ketones is 1. The Kier molecular flexibility index (Phi) is 3.82. The van der Waals surface area contributed by atoms with E-state index in [4.69, 9.17) is 0 Å². The van der Waals surface area contributed by atoms with Crippen LogP contribution in [0.4, 0.5) is 5.69 Å². The number of benzene rings is 2. The number of fused-ring (bicyclic) bond motifs is 1. The van der Waals surface area contributed by atoms with Crippen molar-refractivity contribution in [2.75, 3.05) is 0 Å². The minimum Gasteiger partial charge on any atom is -0.289 e. The number of hydrogen-bond acceptors (Lipinski definition) is 3. The third-order valence-electron chi connectivity index (χ3n) is 4.38. The highest BCUT2D eigenvalue weighted by Crippen LogP contribution is 2.32. The summed E-state index contributed by atoms with van der Waals surface area (Å²) in [5.41, 5.74) is 5.11. The van der Waals surface area contributed by atoms with Crippen molar-refractivity contribution in [2.24, 2.45) is 0 Å². The van der Waals surface area contributed by atoms with Gasteiger partial charge < -0.3 is 0 Å². The summed E-state index contributed by atoms with van der Waals surface area (Å²) in [4.78, 5) is 23.6. The van der Waals surface area contributed by atoms with Gasteiger partial charge in [-0.25, -0.2) is 0 Å². The average Bonchev–Trinajstić information content (AvgIpc) is 2.53. The molecule has 0 heterocycles. The Labute approximate surface area is 134 Å². The highest BCUT2D eigenvalue weighted by molar-refractivity contribution is 6.14. The molecule has 23 heavy (non-hydrogen) atoms. The fourth-order valence-electron chi connectivity index (χ4n) is 3.14. The second-order valence-electron chi connectivity index (χ2n) is 5.87. The van der Waals surface area contributed by atoms with Crippen molar-refractivity contribution in [3.05, 3.63) is 79.9 Å². The molecule has 0 saturated carbocycles. The van der Waals surface area contributed by atoms with E-state index in [-0.39, 0.29) is 11.5 Å². The summed E-state index contributed by atoms with van der Waals surface area (Å²) >= 11 is 0. The van der Waals surface area contributed by atoms with E-state index >= 15 is 0 Å². The maximum atomic E-state index is 12.8. The van der Waals surface area contributed by atoms with Crippen molar-refractivity contribution in [1.29, 1.82) is 0 Å². The number of nitro groups is 1. The number of allylic oxidation sites excluding steroid dienone is 1. The predicted octanol–water partition coefficient (Wildman–Crippen LogP) is 4.42. The molecular formula is C19H17NO3. The first-order chi connectivity index (χ1) is 11.0. The normalized spacial score (nSPS) is 15.6. The summed E-state index contributed by atoms with van der Waals surface area (Å²) in [6.07, 6.45) is 3.08. The number of para-hydroxylation sites is 1. The van der Waals surface area contributed by atoms with Gasteiger partial charge in [-0.05, 0) is 55.5 Å². The standard InChI is InChI=1S/C19H17NO3/c1-12-7-8-13(2)18-16(12)10-9-15(19(18)21)11-14-5-3-4-6-17(14)20(22)23/h3-8,11H,9-10H2,1-2H3/b15-11-. The van der Waals surface area contributed by atoms with Crippen LogP contribution in [0.2, 0.25) is 0 Å². The van der Waals surface area contributed by atoms with Gasteiger partial charge in [0.2, 0.25) is 0 Å². The third-order valence-corrected chi connectivity index (χ3v) is 4.38. The van der Waals surface area contributed by atoms with E-state index in [9.17, 15) is 14.9 Å². The summed E-state index contributed by atoms with van der Waals surface area (Å²) < 4.78 is 0. The molecule has 3 rings (SSSR count). The fourth-order valence-corrected chi connectivity index (χ4v) is 3.14. The summed E-state index contributed by atoms with van der Waals surface area (Å²) in [6, 6.07) is 10.5. The first-order valence-electron chi connectivity index (χ1n) is 7.57. The number of Topliss-reactive ketones (excluding diaryl/α,β-unsaturated/α-hetero) is 1. The lowest BCUT2D eigenvalue weighted by Gasteiger charge is -2.21. The summed E-state index contributed by atoms with van der Waals surface area (Å²) in [5.74, 6) is -0.00870. The van der Waals surface area contributed by atoms with Crippen LogP contribution in [-0.2, 0) is 6.42 Å². The number of nitrogens with zero attached hydrogens (tertiary/aromatic N) is 1. The first kappa shape index (κ1) is 15.2. The largest absolute Gasteiger partial charge is 0.289 e. The zero-order valence-electron chi connectivity index (χ0n) is 13.1. The molecule has 0 spiro atoms. The zero-order chi connectivity index (χ0) is 16.6. The molecule has 116 valence electrons. The molecule has 1 aliphatic carbocycles. The molecule has 0 bridgehead atoms. The van der Waals surface area contributed by atoms with Crippen LogP contribution in [0.1, 0.15) is 39.0 Å². The Bertz CT molecular complexity index is 850. The molecule has 0 amide bonds. The van der Waals surface area contributed by atoms with Crippen LogP contribution in [0.15, 0.2) is 42.0 Å². The molecule has 0 aliphatic heterocycles. The Morgan fingerprint density at radius 1 is 1.04 bits per heavy atom. The van der Waals surface area contributed by atoms with Crippen molar-refractivity contribution >= 4 is 17.5 Å². The molecule has 0 atom stereocenters. The number of aryl methyl sites for hydroxylation is 2. The quantitative estimate of drug-likeness (QED) is 0.468. The van der Waals surface area contributed by atoms with Gasteiger partial charge in [-0.1, -0.05) is 24.3 Å². The average molecular weight is 307 g/mol. The van der Waals surface area contributed by atoms with Crippen LogP contribution in [-0.4, -0.2) is 10.7 Å². The molecular weight excluding hydrogens is 290 g/mol. The third kappa shape index (κ3) is 2.68. The molecule has 4 nitrogen and oxygen atoms in total. The minimum absolute atomic E-state index is 0.00870. The topological polar surface area (TPSA) is 60.2 Å². The highest BCUT2D eigenvalue weighted by Gasteiger charge is 2.25. The highest BCUT2D eigenvalue weighted by atomic mass is 16.6. The molecule has 0 saturated heterocycles. The summed E-state index contributed by atoms with van der Waals surface area (Å²) in [6.45, 7) is 3.95. The van der Waals surface area contributed by atoms with Gasteiger partial charge in [-0.3, -0.25) is 14.9 Å². The van der Waals surface area contributed by atoms with Gasteiger partial charge in [0.15, 0.2) is 5.78 Å². The molecule has 4 heteroatoms. The summed E-state index contributed by atoms with van der Waals surface area (Å²) in [7, 11) is 0. The SMILES string of the molecule is Cc1ccc(C)c2c1CC/C(=C/c1ccccc1[N+](=O)[O-])C2=O. The number of rotatable bonds is 2. The number of carbonyl (C=O) groups excluding carboxylic acids is 1. The van der Waals surface area contributed by atoms with Crippen molar-refractivity contribution in [3.63, 3.8) is 0 Å². The van der Waals surface area contributed by atoms with Crippen LogP contribution in [0, 0.1) is 24.0 Å². The molecule has 0 aromatic heterocycles. The smallest absolute Gasteiger partial charge is 0.276 e. The van der Waals surface area contributed by atoms with Gasteiger partial charge >= 0.3 is 0 Å². The predicted molar refractivity (Wildman–Crippen MR) is 89.6 cm³/mol. The Balaban J connectivity index is 2.09. The fraction of sp³-hybridized carbons (Fsp3) is 0.211. The van der Waals surface area contributed by atoms with Crippen molar-refractivity contribution in [2.45, 2.75) is 26.7 Å². The van der Waals surface area contributed by atoms with Crippen LogP contribution in [0.3, 0.4) is 0 Å². The van der Waals surface area contributed by atoms with E-state index in [0.29, 0.717) is 17.6 Å². The minimum atomic E-state index is -0.414.